The van der Waals surface area contributed by atoms with Crippen LogP contribution < -0.4 is 5.32 Å². The zero-order valence-electron chi connectivity index (χ0n) is 15.2. The van der Waals surface area contributed by atoms with Gasteiger partial charge in [0.2, 0.25) is 11.8 Å². The first-order valence-electron chi connectivity index (χ1n) is 8.55. The van der Waals surface area contributed by atoms with Crippen LogP contribution in [-0.2, 0) is 25.5 Å². The van der Waals surface area contributed by atoms with Crippen LogP contribution >= 0.6 is 0 Å². The Morgan fingerprint density at radius 1 is 1.08 bits per heavy atom. The van der Waals surface area contributed by atoms with E-state index in [0.29, 0.717) is 13.0 Å². The van der Waals surface area contributed by atoms with Gasteiger partial charge in [-0.15, -0.1) is 0 Å². The van der Waals surface area contributed by atoms with Crippen molar-refractivity contribution in [1.29, 1.82) is 0 Å². The summed E-state index contributed by atoms with van der Waals surface area (Å²) in [4.78, 5) is 36.8. The molecule has 0 saturated heterocycles. The van der Waals surface area contributed by atoms with Crippen LogP contribution in [0.25, 0.3) is 10.8 Å². The third-order valence-electron chi connectivity index (χ3n) is 4.20. The molecule has 0 spiro atoms. The number of fused-ring (bicyclic) bond motifs is 1. The normalized spacial score (nSPS) is 10.4. The molecule has 0 fully saturated rings. The predicted molar refractivity (Wildman–Crippen MR) is 99.5 cm³/mol. The number of methoxy groups -OCH3 is 1. The van der Waals surface area contributed by atoms with Gasteiger partial charge in [-0.25, -0.2) is 0 Å². The summed E-state index contributed by atoms with van der Waals surface area (Å²) in [5.41, 5.74) is 0.930. The predicted octanol–water partition coefficient (Wildman–Crippen LogP) is 1.91. The van der Waals surface area contributed by atoms with Crippen LogP contribution in [0.5, 0.6) is 0 Å². The summed E-state index contributed by atoms with van der Waals surface area (Å²) in [5, 5.41) is 4.79. The lowest BCUT2D eigenvalue weighted by Crippen LogP contribution is -2.39. The third kappa shape index (κ3) is 5.58. The van der Waals surface area contributed by atoms with Gasteiger partial charge in [0.1, 0.15) is 0 Å². The minimum atomic E-state index is -0.297. The second-order valence-corrected chi connectivity index (χ2v) is 6.09. The molecular weight excluding hydrogens is 332 g/mol. The topological polar surface area (TPSA) is 75.7 Å². The van der Waals surface area contributed by atoms with E-state index in [1.54, 1.807) is 7.05 Å². The Kier molecular flexibility index (Phi) is 7.14. The summed E-state index contributed by atoms with van der Waals surface area (Å²) in [6.07, 6.45) is 1.01. The van der Waals surface area contributed by atoms with Crippen LogP contribution in [0.1, 0.15) is 18.4 Å². The van der Waals surface area contributed by atoms with Crippen molar-refractivity contribution in [3.63, 3.8) is 0 Å². The molecular formula is C20H24N2O4. The number of hydrogen-bond acceptors (Lipinski definition) is 4. The number of hydrogen-bond donors (Lipinski definition) is 1. The number of esters is 1. The lowest BCUT2D eigenvalue weighted by Gasteiger charge is -2.17. The van der Waals surface area contributed by atoms with Gasteiger partial charge < -0.3 is 15.0 Å². The highest BCUT2D eigenvalue weighted by atomic mass is 16.5. The molecule has 0 radical (unpaired) electrons. The average Bonchev–Trinajstić information content (AvgIpc) is 2.66. The molecule has 0 aromatic heterocycles. The van der Waals surface area contributed by atoms with Gasteiger partial charge >= 0.3 is 5.97 Å². The molecule has 1 N–H and O–H groups in total. The van der Waals surface area contributed by atoms with Crippen molar-refractivity contribution < 1.29 is 19.1 Å². The van der Waals surface area contributed by atoms with E-state index in [9.17, 15) is 14.4 Å². The van der Waals surface area contributed by atoms with Crippen LogP contribution in [0.3, 0.4) is 0 Å². The molecule has 6 nitrogen and oxygen atoms in total. The Morgan fingerprint density at radius 2 is 1.81 bits per heavy atom. The molecule has 0 atom stereocenters. The lowest BCUT2D eigenvalue weighted by molar-refractivity contribution is -0.141. The highest BCUT2D eigenvalue weighted by Crippen LogP contribution is 2.18. The number of nitrogens with zero attached hydrogens (tertiary/aromatic N) is 1. The molecule has 2 aromatic rings. The number of benzene rings is 2. The smallest absolute Gasteiger partial charge is 0.305 e. The maximum atomic E-state index is 12.2. The number of rotatable bonds is 8. The number of likely N-dealkylation sites (N-methyl/N-ethyl adjacent to an activating group) is 1. The Bertz CT molecular complexity index is 783. The second-order valence-electron chi connectivity index (χ2n) is 6.09. The van der Waals surface area contributed by atoms with E-state index in [4.69, 9.17) is 0 Å². The molecule has 0 bridgehead atoms. The number of carbonyl (C=O) groups excluding carboxylic acids is 3. The highest BCUT2D eigenvalue weighted by molar-refractivity contribution is 5.91. The minimum Gasteiger partial charge on any atom is -0.469 e. The molecule has 0 aliphatic rings. The van der Waals surface area contributed by atoms with Crippen molar-refractivity contribution in [3.05, 3.63) is 48.0 Å². The Hall–Kier alpha value is -2.89. The zero-order valence-corrected chi connectivity index (χ0v) is 15.2. The first-order valence-corrected chi connectivity index (χ1v) is 8.55. The second kappa shape index (κ2) is 9.56. The quantitative estimate of drug-likeness (QED) is 0.733. The molecule has 2 aromatic carbocycles. The fraction of sp³-hybridized carbons (Fsp3) is 0.350. The van der Waals surface area contributed by atoms with E-state index in [1.165, 1.54) is 12.0 Å². The van der Waals surface area contributed by atoms with Crippen molar-refractivity contribution in [2.24, 2.45) is 0 Å². The molecule has 2 amide bonds. The van der Waals surface area contributed by atoms with Gasteiger partial charge in [-0.2, -0.15) is 0 Å². The Balaban J connectivity index is 1.80. The summed E-state index contributed by atoms with van der Waals surface area (Å²) < 4.78 is 4.56. The van der Waals surface area contributed by atoms with E-state index in [1.807, 2.05) is 42.5 Å². The van der Waals surface area contributed by atoms with Crippen LogP contribution in [0.4, 0.5) is 0 Å². The highest BCUT2D eigenvalue weighted by Gasteiger charge is 2.12. The standard InChI is InChI=1S/C20H24N2O4/c1-22(12-6-11-20(25)26-2)19(24)14-21-18(23)13-16-9-5-8-15-7-3-4-10-17(15)16/h3-5,7-10H,6,11-14H2,1-2H3,(H,21,23). The number of nitrogens with one attached hydrogen (secondary N) is 1. The molecule has 0 aliphatic carbocycles. The Morgan fingerprint density at radius 3 is 2.58 bits per heavy atom. The molecule has 138 valence electrons. The summed E-state index contributed by atoms with van der Waals surface area (Å²) in [6.45, 7) is 0.380. The molecule has 0 saturated carbocycles. The first-order chi connectivity index (χ1) is 12.5. The summed E-state index contributed by atoms with van der Waals surface area (Å²) in [7, 11) is 2.99. The van der Waals surface area contributed by atoms with Crippen molar-refractivity contribution in [1.82, 2.24) is 10.2 Å². The van der Waals surface area contributed by atoms with Crippen molar-refractivity contribution in [3.8, 4) is 0 Å². The number of ether oxygens (including phenoxy) is 1. The molecule has 0 heterocycles. The van der Waals surface area contributed by atoms with Gasteiger partial charge in [0.05, 0.1) is 20.1 Å². The molecule has 0 aliphatic heterocycles. The maximum absolute atomic E-state index is 12.2. The molecule has 26 heavy (non-hydrogen) atoms. The number of amides is 2. The summed E-state index contributed by atoms with van der Waals surface area (Å²) in [5.74, 6) is -0.687. The van der Waals surface area contributed by atoms with E-state index >= 15 is 0 Å². The summed E-state index contributed by atoms with van der Waals surface area (Å²) in [6, 6.07) is 13.7. The van der Waals surface area contributed by atoms with E-state index in [2.05, 4.69) is 10.1 Å². The van der Waals surface area contributed by atoms with Gasteiger partial charge in [-0.3, -0.25) is 14.4 Å². The summed E-state index contributed by atoms with van der Waals surface area (Å²) >= 11 is 0. The number of carbonyl (C=O) groups is 3. The molecule has 6 heteroatoms. The van der Waals surface area contributed by atoms with Crippen LogP contribution in [0.15, 0.2) is 42.5 Å². The average molecular weight is 356 g/mol. The van der Waals surface area contributed by atoms with Crippen molar-refractivity contribution in [2.75, 3.05) is 27.2 Å². The molecule has 2 rings (SSSR count). The lowest BCUT2D eigenvalue weighted by atomic mass is 10.0. The largest absolute Gasteiger partial charge is 0.469 e. The molecule has 0 unspecified atom stereocenters. The van der Waals surface area contributed by atoms with Crippen LogP contribution in [0.2, 0.25) is 0 Å². The van der Waals surface area contributed by atoms with Crippen LogP contribution in [0, 0.1) is 0 Å². The maximum Gasteiger partial charge on any atom is 0.305 e. The van der Waals surface area contributed by atoms with Gasteiger partial charge in [0.25, 0.3) is 0 Å². The van der Waals surface area contributed by atoms with E-state index in [0.717, 1.165) is 16.3 Å². The zero-order chi connectivity index (χ0) is 18.9. The minimum absolute atomic E-state index is 0.0572. The third-order valence-corrected chi connectivity index (χ3v) is 4.20. The fourth-order valence-corrected chi connectivity index (χ4v) is 2.68. The SMILES string of the molecule is COC(=O)CCCN(C)C(=O)CNC(=O)Cc1cccc2ccccc12. The van der Waals surface area contributed by atoms with E-state index in [-0.39, 0.29) is 37.2 Å². The monoisotopic (exact) mass is 356 g/mol. The van der Waals surface area contributed by atoms with Gasteiger partial charge in [-0.05, 0) is 22.8 Å². The van der Waals surface area contributed by atoms with Crippen molar-refractivity contribution >= 4 is 28.6 Å². The van der Waals surface area contributed by atoms with E-state index < -0.39 is 0 Å². The van der Waals surface area contributed by atoms with Gasteiger partial charge in [-0.1, -0.05) is 42.5 Å². The van der Waals surface area contributed by atoms with Gasteiger partial charge in [0.15, 0.2) is 0 Å². The fourth-order valence-electron chi connectivity index (χ4n) is 2.68. The van der Waals surface area contributed by atoms with Crippen LogP contribution in [-0.4, -0.2) is 49.9 Å². The Labute approximate surface area is 153 Å². The van der Waals surface area contributed by atoms with Crippen molar-refractivity contribution in [2.45, 2.75) is 19.3 Å². The first kappa shape index (κ1) is 19.4. The van der Waals surface area contributed by atoms with Gasteiger partial charge in [0, 0.05) is 20.0 Å².